The SMILES string of the molecule is CCCOc1ccc(-c2cc(OCCN3CCCCCC3)c3ccc(OC)cc3n2)cc1. The molecule has 0 radical (unpaired) electrons. The first-order chi connectivity index (χ1) is 15.8. The van der Waals surface area contributed by atoms with Gasteiger partial charge >= 0.3 is 0 Å². The van der Waals surface area contributed by atoms with Crippen LogP contribution in [0.15, 0.2) is 48.5 Å². The fourth-order valence-electron chi connectivity index (χ4n) is 4.16. The summed E-state index contributed by atoms with van der Waals surface area (Å²) in [6.45, 7) is 6.82. The standard InChI is InChI=1S/C27H34N2O3/c1-3-17-31-22-10-8-21(9-11-22)25-20-27(24-13-12-23(30-2)19-26(24)28-25)32-18-16-29-14-6-4-5-7-15-29/h8-13,19-20H,3-7,14-18H2,1-2H3. The molecule has 0 atom stereocenters. The molecule has 1 aromatic heterocycles. The van der Waals surface area contributed by atoms with E-state index >= 15 is 0 Å². The van der Waals surface area contributed by atoms with Crippen LogP contribution in [-0.2, 0) is 0 Å². The largest absolute Gasteiger partial charge is 0.497 e. The Bertz CT molecular complexity index is 996. The van der Waals surface area contributed by atoms with Gasteiger partial charge in [0.2, 0.25) is 0 Å². The van der Waals surface area contributed by atoms with Gasteiger partial charge in [0.15, 0.2) is 0 Å². The second-order valence-electron chi connectivity index (χ2n) is 8.37. The van der Waals surface area contributed by atoms with E-state index in [1.54, 1.807) is 7.11 Å². The fourth-order valence-corrected chi connectivity index (χ4v) is 4.16. The fraction of sp³-hybridized carbons (Fsp3) is 0.444. The molecule has 32 heavy (non-hydrogen) atoms. The second-order valence-corrected chi connectivity index (χ2v) is 8.37. The smallest absolute Gasteiger partial charge is 0.130 e. The lowest BCUT2D eigenvalue weighted by Gasteiger charge is -2.20. The van der Waals surface area contributed by atoms with Crippen LogP contribution in [0.2, 0.25) is 0 Å². The Labute approximate surface area is 191 Å². The van der Waals surface area contributed by atoms with Crippen molar-refractivity contribution < 1.29 is 14.2 Å². The van der Waals surface area contributed by atoms with E-state index in [4.69, 9.17) is 19.2 Å². The number of nitrogens with zero attached hydrogens (tertiary/aromatic N) is 2. The van der Waals surface area contributed by atoms with Gasteiger partial charge in [-0.2, -0.15) is 0 Å². The van der Waals surface area contributed by atoms with Crippen molar-refractivity contribution >= 4 is 10.9 Å². The van der Waals surface area contributed by atoms with E-state index in [-0.39, 0.29) is 0 Å². The summed E-state index contributed by atoms with van der Waals surface area (Å²) >= 11 is 0. The Kier molecular flexibility index (Phi) is 7.83. The van der Waals surface area contributed by atoms with Gasteiger partial charge in [-0.1, -0.05) is 19.8 Å². The van der Waals surface area contributed by atoms with Crippen molar-refractivity contribution in [2.24, 2.45) is 0 Å². The van der Waals surface area contributed by atoms with Crippen LogP contribution in [0.5, 0.6) is 17.2 Å². The molecule has 1 aliphatic rings. The van der Waals surface area contributed by atoms with Crippen LogP contribution >= 0.6 is 0 Å². The highest BCUT2D eigenvalue weighted by molar-refractivity contribution is 5.89. The highest BCUT2D eigenvalue weighted by atomic mass is 16.5. The minimum atomic E-state index is 0.675. The lowest BCUT2D eigenvalue weighted by atomic mass is 10.1. The van der Waals surface area contributed by atoms with E-state index in [0.29, 0.717) is 6.61 Å². The van der Waals surface area contributed by atoms with Crippen molar-refractivity contribution in [3.63, 3.8) is 0 Å². The molecule has 2 aromatic carbocycles. The number of aromatic nitrogens is 1. The van der Waals surface area contributed by atoms with Crippen molar-refractivity contribution in [3.8, 4) is 28.5 Å². The van der Waals surface area contributed by atoms with Crippen LogP contribution in [0.4, 0.5) is 0 Å². The molecule has 0 aliphatic carbocycles. The van der Waals surface area contributed by atoms with Gasteiger partial charge in [0.1, 0.15) is 23.9 Å². The topological polar surface area (TPSA) is 43.8 Å². The number of fused-ring (bicyclic) bond motifs is 1. The van der Waals surface area contributed by atoms with E-state index in [0.717, 1.165) is 59.0 Å². The molecule has 0 spiro atoms. The summed E-state index contributed by atoms with van der Waals surface area (Å²) in [5.74, 6) is 2.54. The summed E-state index contributed by atoms with van der Waals surface area (Å²) in [6.07, 6.45) is 6.27. The maximum atomic E-state index is 6.33. The molecule has 5 heteroatoms. The first kappa shape index (κ1) is 22.4. The highest BCUT2D eigenvalue weighted by Crippen LogP contribution is 2.32. The lowest BCUT2D eigenvalue weighted by molar-refractivity contribution is 0.215. The van der Waals surface area contributed by atoms with E-state index in [1.165, 1.54) is 38.8 Å². The Morgan fingerprint density at radius 1 is 0.844 bits per heavy atom. The molecule has 1 fully saturated rings. The van der Waals surface area contributed by atoms with Crippen molar-refractivity contribution in [1.82, 2.24) is 9.88 Å². The summed E-state index contributed by atoms with van der Waals surface area (Å²) in [7, 11) is 1.68. The molecule has 0 N–H and O–H groups in total. The van der Waals surface area contributed by atoms with Gasteiger partial charge in [0, 0.05) is 29.6 Å². The Morgan fingerprint density at radius 2 is 1.59 bits per heavy atom. The summed E-state index contributed by atoms with van der Waals surface area (Å²) in [4.78, 5) is 7.43. The molecule has 170 valence electrons. The van der Waals surface area contributed by atoms with Gasteiger partial charge in [-0.25, -0.2) is 4.98 Å². The zero-order valence-electron chi connectivity index (χ0n) is 19.3. The van der Waals surface area contributed by atoms with E-state index in [2.05, 4.69) is 30.0 Å². The van der Waals surface area contributed by atoms with Gasteiger partial charge in [-0.05, 0) is 68.8 Å². The third kappa shape index (κ3) is 5.71. The second kappa shape index (κ2) is 11.2. The highest BCUT2D eigenvalue weighted by Gasteiger charge is 2.12. The molecule has 0 unspecified atom stereocenters. The average Bonchev–Trinajstić information content (AvgIpc) is 3.11. The lowest BCUT2D eigenvalue weighted by Crippen LogP contribution is -2.29. The molecule has 3 aromatic rings. The van der Waals surface area contributed by atoms with Crippen molar-refractivity contribution in [2.75, 3.05) is 40.0 Å². The van der Waals surface area contributed by atoms with Gasteiger partial charge in [0.05, 0.1) is 24.9 Å². The number of hydrogen-bond acceptors (Lipinski definition) is 5. The molecule has 2 heterocycles. The van der Waals surface area contributed by atoms with Crippen LogP contribution in [0, 0.1) is 0 Å². The quantitative estimate of drug-likeness (QED) is 0.416. The first-order valence-corrected chi connectivity index (χ1v) is 11.8. The van der Waals surface area contributed by atoms with Crippen molar-refractivity contribution in [3.05, 3.63) is 48.5 Å². The average molecular weight is 435 g/mol. The van der Waals surface area contributed by atoms with Gasteiger partial charge in [-0.3, -0.25) is 4.90 Å². The number of rotatable bonds is 9. The third-order valence-corrected chi connectivity index (χ3v) is 5.97. The molecule has 4 rings (SSSR count). The number of hydrogen-bond donors (Lipinski definition) is 0. The molecule has 5 nitrogen and oxygen atoms in total. The van der Waals surface area contributed by atoms with E-state index in [1.807, 2.05) is 30.3 Å². The molecular formula is C27H34N2O3. The predicted molar refractivity (Wildman–Crippen MR) is 130 cm³/mol. The monoisotopic (exact) mass is 434 g/mol. The Hall–Kier alpha value is -2.79. The predicted octanol–water partition coefficient (Wildman–Crippen LogP) is 5.95. The van der Waals surface area contributed by atoms with Crippen LogP contribution in [-0.4, -0.2) is 49.8 Å². The summed E-state index contributed by atoms with van der Waals surface area (Å²) < 4.78 is 17.5. The number of ether oxygens (including phenoxy) is 3. The third-order valence-electron chi connectivity index (χ3n) is 5.97. The maximum absolute atomic E-state index is 6.33. The van der Waals surface area contributed by atoms with E-state index in [9.17, 15) is 0 Å². The van der Waals surface area contributed by atoms with E-state index < -0.39 is 0 Å². The Morgan fingerprint density at radius 3 is 2.31 bits per heavy atom. The minimum Gasteiger partial charge on any atom is -0.497 e. The molecule has 0 saturated carbocycles. The molecule has 0 bridgehead atoms. The maximum Gasteiger partial charge on any atom is 0.130 e. The number of benzene rings is 2. The van der Waals surface area contributed by atoms with Crippen LogP contribution in [0.3, 0.4) is 0 Å². The first-order valence-electron chi connectivity index (χ1n) is 11.8. The van der Waals surface area contributed by atoms with Crippen LogP contribution in [0.25, 0.3) is 22.2 Å². The number of likely N-dealkylation sites (tertiary alicyclic amines) is 1. The van der Waals surface area contributed by atoms with Gasteiger partial charge < -0.3 is 14.2 Å². The summed E-state index contributed by atoms with van der Waals surface area (Å²) in [6, 6.07) is 16.1. The minimum absolute atomic E-state index is 0.675. The van der Waals surface area contributed by atoms with Gasteiger partial charge in [0.25, 0.3) is 0 Å². The molecule has 1 saturated heterocycles. The van der Waals surface area contributed by atoms with Crippen molar-refractivity contribution in [2.45, 2.75) is 39.0 Å². The summed E-state index contributed by atoms with van der Waals surface area (Å²) in [5, 5.41) is 1.01. The molecule has 1 aliphatic heterocycles. The summed E-state index contributed by atoms with van der Waals surface area (Å²) in [5.41, 5.74) is 2.80. The zero-order valence-corrected chi connectivity index (χ0v) is 19.3. The Balaban J connectivity index is 1.57. The number of methoxy groups -OCH3 is 1. The molecule has 0 amide bonds. The van der Waals surface area contributed by atoms with Crippen LogP contribution in [0.1, 0.15) is 39.0 Å². The van der Waals surface area contributed by atoms with Crippen molar-refractivity contribution in [1.29, 1.82) is 0 Å². The van der Waals surface area contributed by atoms with Crippen LogP contribution < -0.4 is 14.2 Å². The van der Waals surface area contributed by atoms with Gasteiger partial charge in [-0.15, -0.1) is 0 Å². The number of pyridine rings is 1. The zero-order chi connectivity index (χ0) is 22.2. The normalized spacial score (nSPS) is 14.8. The molecular weight excluding hydrogens is 400 g/mol.